The summed E-state index contributed by atoms with van der Waals surface area (Å²) in [6, 6.07) is 15.8. The maximum absolute atomic E-state index is 12.3. The molecule has 1 aliphatic heterocycles. The lowest BCUT2D eigenvalue weighted by molar-refractivity contribution is -0.122. The summed E-state index contributed by atoms with van der Waals surface area (Å²) in [5.41, 5.74) is 2.13. The molecule has 0 spiro atoms. The lowest BCUT2D eigenvalue weighted by atomic mass is 9.99. The second-order valence-electron chi connectivity index (χ2n) is 7.00. The highest BCUT2D eigenvalue weighted by Gasteiger charge is 2.25. The number of hydrogen-bond donors (Lipinski definition) is 1. The number of piperidine rings is 1. The van der Waals surface area contributed by atoms with Crippen molar-refractivity contribution >= 4 is 39.1 Å². The molecule has 4 rings (SSSR count). The number of thiazole rings is 1. The van der Waals surface area contributed by atoms with Crippen molar-refractivity contribution in [3.05, 3.63) is 64.1 Å². The number of rotatable bonds is 5. The summed E-state index contributed by atoms with van der Waals surface area (Å²) in [6.45, 7) is 2.84. The summed E-state index contributed by atoms with van der Waals surface area (Å²) in [5.74, 6) is 0.482. The van der Waals surface area contributed by atoms with E-state index in [1.54, 1.807) is 11.3 Å². The molecule has 6 heteroatoms. The minimum absolute atomic E-state index is 0.0647. The van der Waals surface area contributed by atoms with Crippen LogP contribution in [0.4, 0.5) is 0 Å². The minimum Gasteiger partial charge on any atom is -0.351 e. The highest BCUT2D eigenvalue weighted by atomic mass is 35.5. The van der Waals surface area contributed by atoms with Crippen LogP contribution in [-0.4, -0.2) is 35.4 Å². The predicted octanol–water partition coefficient (Wildman–Crippen LogP) is 4.45. The predicted molar refractivity (Wildman–Crippen MR) is 111 cm³/mol. The van der Waals surface area contributed by atoms with E-state index in [1.165, 1.54) is 9.71 Å². The molecule has 1 unspecified atom stereocenters. The first-order chi connectivity index (χ1) is 13.2. The van der Waals surface area contributed by atoms with Gasteiger partial charge in [0.15, 0.2) is 0 Å². The van der Waals surface area contributed by atoms with E-state index in [0.29, 0.717) is 24.0 Å². The molecule has 0 aliphatic carbocycles. The monoisotopic (exact) mass is 399 g/mol. The average molecular weight is 400 g/mol. The number of aromatic nitrogens is 1. The summed E-state index contributed by atoms with van der Waals surface area (Å²) in [5, 5.41) is 4.91. The Morgan fingerprint density at radius 1 is 1.22 bits per heavy atom. The molecule has 2 heterocycles. The molecule has 0 bridgehead atoms. The van der Waals surface area contributed by atoms with Crippen molar-refractivity contribution in [3.8, 4) is 0 Å². The van der Waals surface area contributed by atoms with Gasteiger partial charge in [0.05, 0.1) is 21.8 Å². The van der Waals surface area contributed by atoms with Crippen LogP contribution in [0.2, 0.25) is 5.02 Å². The molecule has 1 fully saturated rings. The van der Waals surface area contributed by atoms with Crippen molar-refractivity contribution in [1.29, 1.82) is 0 Å². The first-order valence-corrected chi connectivity index (χ1v) is 10.5. The fourth-order valence-electron chi connectivity index (χ4n) is 3.53. The Labute approximate surface area is 168 Å². The number of carbonyl (C=O) groups is 1. The maximum Gasteiger partial charge on any atom is 0.234 e. The van der Waals surface area contributed by atoms with Gasteiger partial charge in [-0.25, -0.2) is 4.98 Å². The van der Waals surface area contributed by atoms with Gasteiger partial charge in [0, 0.05) is 24.0 Å². The second-order valence-corrected chi connectivity index (χ2v) is 8.50. The molecule has 3 aromatic rings. The van der Waals surface area contributed by atoms with Crippen molar-refractivity contribution in [3.63, 3.8) is 0 Å². The molecule has 2 aromatic carbocycles. The topological polar surface area (TPSA) is 45.2 Å². The molecule has 1 atom stereocenters. The number of hydrogen-bond acceptors (Lipinski definition) is 4. The van der Waals surface area contributed by atoms with Crippen molar-refractivity contribution < 1.29 is 4.79 Å². The third-order valence-electron chi connectivity index (χ3n) is 4.94. The Kier molecular flexibility index (Phi) is 5.72. The van der Waals surface area contributed by atoms with E-state index < -0.39 is 0 Å². The van der Waals surface area contributed by atoms with Gasteiger partial charge in [0.2, 0.25) is 5.91 Å². The molecule has 0 saturated carbocycles. The molecule has 4 nitrogen and oxygen atoms in total. The largest absolute Gasteiger partial charge is 0.351 e. The SMILES string of the molecule is O=C(CN1CCCC(c2nc3ccccc3s2)C1)NCc1ccc(Cl)cc1. The third kappa shape index (κ3) is 4.67. The fraction of sp³-hybridized carbons (Fsp3) is 0.333. The number of likely N-dealkylation sites (tertiary alicyclic amines) is 1. The van der Waals surface area contributed by atoms with Gasteiger partial charge >= 0.3 is 0 Å². The molecule has 140 valence electrons. The van der Waals surface area contributed by atoms with Crippen molar-refractivity contribution in [2.45, 2.75) is 25.3 Å². The molecular weight excluding hydrogens is 378 g/mol. The van der Waals surface area contributed by atoms with Gasteiger partial charge in [-0.2, -0.15) is 0 Å². The third-order valence-corrected chi connectivity index (χ3v) is 6.39. The first kappa shape index (κ1) is 18.4. The number of nitrogens with zero attached hydrogens (tertiary/aromatic N) is 2. The van der Waals surface area contributed by atoms with Crippen LogP contribution < -0.4 is 5.32 Å². The quantitative estimate of drug-likeness (QED) is 0.689. The van der Waals surface area contributed by atoms with Crippen molar-refractivity contribution in [1.82, 2.24) is 15.2 Å². The molecule has 1 aromatic heterocycles. The Morgan fingerprint density at radius 3 is 2.85 bits per heavy atom. The van der Waals surface area contributed by atoms with Crippen molar-refractivity contribution in [2.24, 2.45) is 0 Å². The number of benzene rings is 2. The second kappa shape index (κ2) is 8.38. The van der Waals surface area contributed by atoms with E-state index in [4.69, 9.17) is 16.6 Å². The number of amides is 1. The summed E-state index contributed by atoms with van der Waals surface area (Å²) >= 11 is 7.68. The number of fused-ring (bicyclic) bond motifs is 1. The Bertz CT molecular complexity index is 892. The lowest BCUT2D eigenvalue weighted by Crippen LogP contribution is -2.41. The zero-order chi connectivity index (χ0) is 18.6. The van der Waals surface area contributed by atoms with Gasteiger partial charge in [-0.15, -0.1) is 11.3 Å². The van der Waals surface area contributed by atoms with E-state index in [-0.39, 0.29) is 5.91 Å². The van der Waals surface area contributed by atoms with Crippen LogP contribution in [0, 0.1) is 0 Å². The fourth-order valence-corrected chi connectivity index (χ4v) is 4.75. The van der Waals surface area contributed by atoms with E-state index in [0.717, 1.165) is 37.0 Å². The zero-order valence-electron chi connectivity index (χ0n) is 15.0. The number of nitrogens with one attached hydrogen (secondary N) is 1. The summed E-state index contributed by atoms with van der Waals surface area (Å²) < 4.78 is 1.24. The van der Waals surface area contributed by atoms with E-state index >= 15 is 0 Å². The van der Waals surface area contributed by atoms with E-state index in [2.05, 4.69) is 28.4 Å². The number of halogens is 1. The molecule has 1 aliphatic rings. The first-order valence-electron chi connectivity index (χ1n) is 9.26. The maximum atomic E-state index is 12.3. The molecule has 27 heavy (non-hydrogen) atoms. The van der Waals surface area contributed by atoms with Crippen LogP contribution in [-0.2, 0) is 11.3 Å². The van der Waals surface area contributed by atoms with Crippen molar-refractivity contribution in [2.75, 3.05) is 19.6 Å². The summed E-state index contributed by atoms with van der Waals surface area (Å²) in [4.78, 5) is 19.4. The van der Waals surface area contributed by atoms with Crippen LogP contribution in [0.25, 0.3) is 10.2 Å². The van der Waals surface area contributed by atoms with Gasteiger partial charge < -0.3 is 5.32 Å². The van der Waals surface area contributed by atoms with Crippen LogP contribution in [0.1, 0.15) is 29.3 Å². The molecule has 1 saturated heterocycles. The van der Waals surface area contributed by atoms with Gasteiger partial charge in [0.1, 0.15) is 0 Å². The molecule has 1 N–H and O–H groups in total. The zero-order valence-corrected chi connectivity index (χ0v) is 16.6. The van der Waals surface area contributed by atoms with Gasteiger partial charge in [0.25, 0.3) is 0 Å². The Hall–Kier alpha value is -1.95. The number of para-hydroxylation sites is 1. The van der Waals surface area contributed by atoms with E-state index in [9.17, 15) is 4.79 Å². The van der Waals surface area contributed by atoms with Crippen LogP contribution in [0.3, 0.4) is 0 Å². The Morgan fingerprint density at radius 2 is 2.04 bits per heavy atom. The van der Waals surface area contributed by atoms with Crippen LogP contribution in [0.15, 0.2) is 48.5 Å². The molecule has 1 amide bonds. The molecular formula is C21H22ClN3OS. The standard InChI is InChI=1S/C21H22ClN3OS/c22-17-9-7-15(8-10-17)12-23-20(26)14-25-11-3-4-16(13-25)21-24-18-5-1-2-6-19(18)27-21/h1-2,5-10,16H,3-4,11-14H2,(H,23,26). The highest BCUT2D eigenvalue weighted by molar-refractivity contribution is 7.18. The lowest BCUT2D eigenvalue weighted by Gasteiger charge is -2.31. The van der Waals surface area contributed by atoms with Gasteiger partial charge in [-0.05, 0) is 49.2 Å². The van der Waals surface area contributed by atoms with Gasteiger partial charge in [-0.1, -0.05) is 35.9 Å². The average Bonchev–Trinajstić information content (AvgIpc) is 3.12. The minimum atomic E-state index is 0.0647. The molecule has 0 radical (unpaired) electrons. The highest BCUT2D eigenvalue weighted by Crippen LogP contribution is 2.32. The van der Waals surface area contributed by atoms with Crippen LogP contribution >= 0.6 is 22.9 Å². The van der Waals surface area contributed by atoms with Crippen LogP contribution in [0.5, 0.6) is 0 Å². The summed E-state index contributed by atoms with van der Waals surface area (Å²) in [6.07, 6.45) is 2.24. The van der Waals surface area contributed by atoms with E-state index in [1.807, 2.05) is 30.3 Å². The van der Waals surface area contributed by atoms with Gasteiger partial charge in [-0.3, -0.25) is 9.69 Å². The smallest absolute Gasteiger partial charge is 0.234 e. The number of carbonyl (C=O) groups excluding carboxylic acids is 1. The Balaban J connectivity index is 1.32. The normalized spacial score (nSPS) is 17.9. The summed E-state index contributed by atoms with van der Waals surface area (Å²) in [7, 11) is 0.